The van der Waals surface area contributed by atoms with E-state index in [1.807, 2.05) is 28.5 Å². The van der Waals surface area contributed by atoms with Crippen molar-refractivity contribution in [2.75, 3.05) is 13.7 Å². The van der Waals surface area contributed by atoms with E-state index in [-0.39, 0.29) is 18.2 Å². The first-order chi connectivity index (χ1) is 11.8. The van der Waals surface area contributed by atoms with E-state index in [0.717, 1.165) is 28.3 Å². The number of rotatable bonds is 2. The highest BCUT2D eigenvalue weighted by molar-refractivity contribution is 7.10. The van der Waals surface area contributed by atoms with Crippen molar-refractivity contribution in [2.45, 2.75) is 18.5 Å². The largest absolute Gasteiger partial charge is 0.497 e. The number of nitrogens with one attached hydrogen (secondary N) is 1. The summed E-state index contributed by atoms with van der Waals surface area (Å²) < 4.78 is 10.7. The molecule has 1 N–H and O–H groups in total. The second-order valence-electron chi connectivity index (χ2n) is 6.19. The summed E-state index contributed by atoms with van der Waals surface area (Å²) in [7, 11) is 1.68. The maximum Gasteiger partial charge on any atom is 0.411 e. The standard InChI is InChI=1S/C18H16N2O3S/c1-22-11-4-5-14-12(8-11)13-7-10-9-23-18(21)20(10)17(16(13)19-14)15-3-2-6-24-15/h2-6,8,10,17,19H,7,9H2,1H3. The van der Waals surface area contributed by atoms with E-state index in [4.69, 9.17) is 9.47 Å². The molecule has 1 aromatic carbocycles. The minimum absolute atomic E-state index is 0.0855. The van der Waals surface area contributed by atoms with Gasteiger partial charge in [0, 0.05) is 21.5 Å². The number of carbonyl (C=O) groups is 1. The molecule has 0 saturated carbocycles. The number of hydrogen-bond acceptors (Lipinski definition) is 4. The molecule has 3 aromatic rings. The van der Waals surface area contributed by atoms with Gasteiger partial charge < -0.3 is 14.5 Å². The summed E-state index contributed by atoms with van der Waals surface area (Å²) in [5, 5.41) is 3.22. The van der Waals surface area contributed by atoms with Crippen LogP contribution in [0.2, 0.25) is 0 Å². The maximum absolute atomic E-state index is 12.3. The minimum atomic E-state index is -0.222. The number of carbonyl (C=O) groups excluding carboxylic acids is 1. The van der Waals surface area contributed by atoms with Crippen LogP contribution < -0.4 is 4.74 Å². The molecular weight excluding hydrogens is 324 g/mol. The van der Waals surface area contributed by atoms with Crippen LogP contribution in [0.25, 0.3) is 10.9 Å². The van der Waals surface area contributed by atoms with Gasteiger partial charge in [-0.2, -0.15) is 0 Å². The second kappa shape index (κ2) is 5.01. The van der Waals surface area contributed by atoms with Gasteiger partial charge in [-0.05, 0) is 41.6 Å². The third kappa shape index (κ3) is 1.83. The Morgan fingerprint density at radius 1 is 1.38 bits per heavy atom. The van der Waals surface area contributed by atoms with Gasteiger partial charge in [0.2, 0.25) is 0 Å². The minimum Gasteiger partial charge on any atom is -0.497 e. The van der Waals surface area contributed by atoms with Crippen LogP contribution in [-0.2, 0) is 11.2 Å². The number of amides is 1. The molecule has 5 nitrogen and oxygen atoms in total. The zero-order chi connectivity index (χ0) is 16.3. The Morgan fingerprint density at radius 3 is 3.08 bits per heavy atom. The molecule has 4 heterocycles. The number of benzene rings is 1. The van der Waals surface area contributed by atoms with Crippen LogP contribution in [0.5, 0.6) is 5.75 Å². The summed E-state index contributed by atoms with van der Waals surface area (Å²) in [6, 6.07) is 10.2. The molecule has 6 heteroatoms. The highest BCUT2D eigenvalue weighted by Crippen LogP contribution is 2.44. The van der Waals surface area contributed by atoms with Crippen LogP contribution in [0.15, 0.2) is 35.7 Å². The number of cyclic esters (lactones) is 1. The molecule has 122 valence electrons. The van der Waals surface area contributed by atoms with Crippen LogP contribution in [0, 0.1) is 0 Å². The first-order valence-electron chi connectivity index (χ1n) is 7.93. The van der Waals surface area contributed by atoms with Crippen LogP contribution in [0.4, 0.5) is 4.79 Å². The molecule has 0 radical (unpaired) electrons. The lowest BCUT2D eigenvalue weighted by Crippen LogP contribution is -2.42. The molecule has 1 fully saturated rings. The van der Waals surface area contributed by atoms with Gasteiger partial charge in [0.05, 0.1) is 13.2 Å². The molecule has 0 spiro atoms. The average molecular weight is 340 g/mol. The molecule has 0 aliphatic carbocycles. The zero-order valence-electron chi connectivity index (χ0n) is 13.1. The highest BCUT2D eigenvalue weighted by atomic mass is 32.1. The Hall–Kier alpha value is -2.47. The summed E-state index contributed by atoms with van der Waals surface area (Å²) in [6.07, 6.45) is 0.580. The van der Waals surface area contributed by atoms with Gasteiger partial charge in [0.1, 0.15) is 18.4 Å². The number of H-pyrrole nitrogens is 1. The fourth-order valence-electron chi connectivity index (χ4n) is 3.87. The van der Waals surface area contributed by atoms with Gasteiger partial charge in [-0.1, -0.05) is 6.07 Å². The summed E-state index contributed by atoms with van der Waals surface area (Å²) in [6.45, 7) is 0.455. The number of thiophene rings is 1. The van der Waals surface area contributed by atoms with Gasteiger partial charge >= 0.3 is 6.09 Å². The lowest BCUT2D eigenvalue weighted by molar-refractivity contribution is 0.148. The number of aromatic amines is 1. The summed E-state index contributed by atoms with van der Waals surface area (Å²) >= 11 is 1.67. The Kier molecular flexibility index (Phi) is 2.91. The summed E-state index contributed by atoms with van der Waals surface area (Å²) in [4.78, 5) is 18.9. The number of nitrogens with zero attached hydrogens (tertiary/aromatic N) is 1. The number of hydrogen-bond donors (Lipinski definition) is 1. The van der Waals surface area contributed by atoms with Crippen molar-refractivity contribution in [3.63, 3.8) is 0 Å². The van der Waals surface area contributed by atoms with Crippen molar-refractivity contribution in [1.29, 1.82) is 0 Å². The van der Waals surface area contributed by atoms with E-state index in [9.17, 15) is 4.79 Å². The molecule has 24 heavy (non-hydrogen) atoms. The Bertz CT molecular complexity index is 931. The first-order valence-corrected chi connectivity index (χ1v) is 8.81. The molecule has 1 saturated heterocycles. The van der Waals surface area contributed by atoms with Crippen molar-refractivity contribution in [2.24, 2.45) is 0 Å². The zero-order valence-corrected chi connectivity index (χ0v) is 13.9. The first kappa shape index (κ1) is 13.9. The Balaban J connectivity index is 1.75. The number of ether oxygens (including phenoxy) is 2. The SMILES string of the molecule is COc1ccc2[nH]c3c(c2c1)CC1COC(=O)N1C3c1cccs1. The predicted molar refractivity (Wildman–Crippen MR) is 91.7 cm³/mol. The van der Waals surface area contributed by atoms with E-state index in [2.05, 4.69) is 17.1 Å². The van der Waals surface area contributed by atoms with Crippen LogP contribution in [0.3, 0.4) is 0 Å². The van der Waals surface area contributed by atoms with Gasteiger partial charge in [0.25, 0.3) is 0 Å². The van der Waals surface area contributed by atoms with Gasteiger partial charge in [-0.3, -0.25) is 4.90 Å². The van der Waals surface area contributed by atoms with Crippen molar-refractivity contribution in [3.05, 3.63) is 51.8 Å². The topological polar surface area (TPSA) is 54.6 Å². The van der Waals surface area contributed by atoms with Crippen molar-refractivity contribution in [1.82, 2.24) is 9.88 Å². The number of fused-ring (bicyclic) bond motifs is 4. The molecular formula is C18H16N2O3S. The quantitative estimate of drug-likeness (QED) is 0.774. The average Bonchev–Trinajstić information content (AvgIpc) is 3.32. The van der Waals surface area contributed by atoms with Gasteiger partial charge in [-0.25, -0.2) is 4.79 Å². The highest BCUT2D eigenvalue weighted by Gasteiger charge is 2.45. The Morgan fingerprint density at radius 2 is 2.29 bits per heavy atom. The van der Waals surface area contributed by atoms with Crippen molar-refractivity contribution in [3.8, 4) is 5.75 Å². The molecule has 2 unspecified atom stereocenters. The van der Waals surface area contributed by atoms with E-state index >= 15 is 0 Å². The van der Waals surface area contributed by atoms with Crippen LogP contribution in [-0.4, -0.2) is 35.7 Å². The molecule has 1 amide bonds. The van der Waals surface area contributed by atoms with Crippen molar-refractivity contribution < 1.29 is 14.3 Å². The van der Waals surface area contributed by atoms with E-state index in [1.165, 1.54) is 10.9 Å². The normalized spacial score (nSPS) is 22.4. The predicted octanol–water partition coefficient (Wildman–Crippen LogP) is 3.70. The monoisotopic (exact) mass is 340 g/mol. The number of methoxy groups -OCH3 is 1. The molecule has 0 bridgehead atoms. The van der Waals surface area contributed by atoms with Gasteiger partial charge in [-0.15, -0.1) is 11.3 Å². The van der Waals surface area contributed by atoms with E-state index in [0.29, 0.717) is 6.61 Å². The lowest BCUT2D eigenvalue weighted by atomic mass is 9.92. The van der Waals surface area contributed by atoms with E-state index < -0.39 is 0 Å². The summed E-state index contributed by atoms with van der Waals surface area (Å²) in [5.41, 5.74) is 3.44. The maximum atomic E-state index is 12.3. The third-order valence-corrected chi connectivity index (χ3v) is 5.88. The smallest absolute Gasteiger partial charge is 0.411 e. The fraction of sp³-hybridized carbons (Fsp3) is 0.278. The molecule has 2 atom stereocenters. The second-order valence-corrected chi connectivity index (χ2v) is 7.17. The molecule has 2 aliphatic heterocycles. The fourth-order valence-corrected chi connectivity index (χ4v) is 4.71. The number of aromatic nitrogens is 1. The molecule has 2 aliphatic rings. The summed E-state index contributed by atoms with van der Waals surface area (Å²) in [5.74, 6) is 0.846. The van der Waals surface area contributed by atoms with Crippen molar-refractivity contribution >= 4 is 28.3 Å². The van der Waals surface area contributed by atoms with E-state index in [1.54, 1.807) is 18.4 Å². The Labute approximate surface area is 142 Å². The van der Waals surface area contributed by atoms with Crippen LogP contribution >= 0.6 is 11.3 Å². The molecule has 2 aromatic heterocycles. The molecule has 5 rings (SSSR count). The van der Waals surface area contributed by atoms with Gasteiger partial charge in [0.15, 0.2) is 0 Å². The third-order valence-electron chi connectivity index (χ3n) is 4.95. The lowest BCUT2D eigenvalue weighted by Gasteiger charge is -2.34. The van der Waals surface area contributed by atoms with Crippen LogP contribution in [0.1, 0.15) is 22.2 Å².